The van der Waals surface area contributed by atoms with E-state index in [1.165, 1.54) is 23.1 Å². The number of hydrogen-bond donors (Lipinski definition) is 2. The molecule has 1 atom stereocenters. The summed E-state index contributed by atoms with van der Waals surface area (Å²) < 4.78 is 7.85. The molecule has 2 N–H and O–H groups in total. The number of nitrogens with zero attached hydrogens (tertiary/aromatic N) is 1. The second kappa shape index (κ2) is 11.0. The van der Waals surface area contributed by atoms with Crippen LogP contribution in [0.1, 0.15) is 23.7 Å². The quantitative estimate of drug-likeness (QED) is 0.233. The smallest absolute Gasteiger partial charge is 0.255 e. The van der Waals surface area contributed by atoms with Crippen molar-refractivity contribution in [2.24, 2.45) is 0 Å². The Morgan fingerprint density at radius 2 is 1.74 bits per heavy atom. The Labute approximate surface area is 214 Å². The van der Waals surface area contributed by atoms with Crippen molar-refractivity contribution in [1.82, 2.24) is 4.98 Å². The number of hydrogen-bond acceptors (Lipinski definition) is 6. The molecule has 1 unspecified atom stereocenters. The van der Waals surface area contributed by atoms with Gasteiger partial charge in [0.1, 0.15) is 5.75 Å². The van der Waals surface area contributed by atoms with Crippen molar-refractivity contribution in [3.8, 4) is 5.75 Å². The fraction of sp³-hybridized carbons (Fsp3) is 0.160. The van der Waals surface area contributed by atoms with E-state index in [1.54, 1.807) is 31.4 Å². The van der Waals surface area contributed by atoms with Crippen LogP contribution in [-0.2, 0) is 4.79 Å². The molecule has 34 heavy (non-hydrogen) atoms. The molecule has 0 spiro atoms. The minimum atomic E-state index is -0.265. The van der Waals surface area contributed by atoms with Crippen LogP contribution in [0.4, 0.5) is 11.4 Å². The van der Waals surface area contributed by atoms with Gasteiger partial charge in [-0.2, -0.15) is 0 Å². The number of fused-ring (bicyclic) bond motifs is 1. The van der Waals surface area contributed by atoms with E-state index in [-0.39, 0.29) is 17.1 Å². The van der Waals surface area contributed by atoms with Gasteiger partial charge in [0, 0.05) is 21.4 Å². The van der Waals surface area contributed by atoms with Crippen LogP contribution < -0.4 is 15.4 Å². The monoisotopic (exact) mass is 555 g/mol. The molecule has 9 heteroatoms. The molecular formula is C25H22BrN3O3S2. The lowest BCUT2D eigenvalue weighted by atomic mass is 10.2. The standard InChI is InChI=1S/C25H22BrN3O3S2/c1-3-21(24(31)27-17-8-6-16(26)7-9-17)33-25-29-20-13-10-18(14-22(20)34-25)28-23(30)15-4-11-19(32-2)12-5-15/h4-14,21H,3H2,1-2H3,(H,27,31)(H,28,30). The highest BCUT2D eigenvalue weighted by Gasteiger charge is 2.20. The van der Waals surface area contributed by atoms with Gasteiger partial charge in [0.15, 0.2) is 4.34 Å². The van der Waals surface area contributed by atoms with Crippen molar-refractivity contribution in [2.75, 3.05) is 17.7 Å². The van der Waals surface area contributed by atoms with E-state index < -0.39 is 0 Å². The number of nitrogens with one attached hydrogen (secondary N) is 2. The number of aromatic nitrogens is 1. The molecule has 0 aliphatic heterocycles. The lowest BCUT2D eigenvalue weighted by Gasteiger charge is -2.13. The zero-order valence-corrected chi connectivity index (χ0v) is 21.7. The molecule has 1 heterocycles. The van der Waals surface area contributed by atoms with E-state index in [2.05, 4.69) is 31.5 Å². The van der Waals surface area contributed by atoms with Crippen molar-refractivity contribution in [1.29, 1.82) is 0 Å². The summed E-state index contributed by atoms with van der Waals surface area (Å²) >= 11 is 6.36. The lowest BCUT2D eigenvalue weighted by Crippen LogP contribution is -2.24. The average Bonchev–Trinajstić information content (AvgIpc) is 3.25. The summed E-state index contributed by atoms with van der Waals surface area (Å²) in [6, 6.07) is 20.1. The molecule has 174 valence electrons. The predicted molar refractivity (Wildman–Crippen MR) is 143 cm³/mol. The topological polar surface area (TPSA) is 80.3 Å². The Balaban J connectivity index is 1.43. The molecule has 4 aromatic rings. The fourth-order valence-electron chi connectivity index (χ4n) is 3.18. The summed E-state index contributed by atoms with van der Waals surface area (Å²) in [5, 5.41) is 5.63. The molecule has 6 nitrogen and oxygen atoms in total. The van der Waals surface area contributed by atoms with Crippen LogP contribution in [0.25, 0.3) is 10.2 Å². The highest BCUT2D eigenvalue weighted by Crippen LogP contribution is 2.35. The minimum Gasteiger partial charge on any atom is -0.497 e. The van der Waals surface area contributed by atoms with Crippen LogP contribution in [-0.4, -0.2) is 29.2 Å². The number of carbonyl (C=O) groups is 2. The maximum absolute atomic E-state index is 12.8. The summed E-state index contributed by atoms with van der Waals surface area (Å²) in [6.07, 6.45) is 0.673. The number of amides is 2. The first-order chi connectivity index (χ1) is 16.4. The first-order valence-electron chi connectivity index (χ1n) is 10.5. The number of benzene rings is 3. The fourth-order valence-corrected chi connectivity index (χ4v) is 5.72. The van der Waals surface area contributed by atoms with Gasteiger partial charge in [0.2, 0.25) is 5.91 Å². The molecular weight excluding hydrogens is 534 g/mol. The Morgan fingerprint density at radius 1 is 1.03 bits per heavy atom. The maximum atomic E-state index is 12.8. The van der Waals surface area contributed by atoms with Crippen molar-refractivity contribution >= 4 is 72.4 Å². The van der Waals surface area contributed by atoms with E-state index in [0.717, 1.165) is 24.7 Å². The molecule has 0 radical (unpaired) electrons. The normalized spacial score (nSPS) is 11.7. The van der Waals surface area contributed by atoms with Gasteiger partial charge in [-0.05, 0) is 73.2 Å². The molecule has 0 aliphatic carbocycles. The van der Waals surface area contributed by atoms with Crippen molar-refractivity contribution < 1.29 is 14.3 Å². The van der Waals surface area contributed by atoms with Crippen molar-refractivity contribution in [2.45, 2.75) is 22.9 Å². The molecule has 0 fully saturated rings. The zero-order chi connectivity index (χ0) is 24.1. The van der Waals surface area contributed by atoms with Crippen molar-refractivity contribution in [3.05, 3.63) is 76.8 Å². The van der Waals surface area contributed by atoms with E-state index in [4.69, 9.17) is 4.74 Å². The largest absolute Gasteiger partial charge is 0.497 e. The van der Waals surface area contributed by atoms with Crippen molar-refractivity contribution in [3.63, 3.8) is 0 Å². The second-order valence-electron chi connectivity index (χ2n) is 7.36. The molecule has 0 bridgehead atoms. The average molecular weight is 557 g/mol. The minimum absolute atomic E-state index is 0.0541. The van der Waals surface area contributed by atoms with Gasteiger partial charge in [0.05, 0.1) is 22.6 Å². The summed E-state index contributed by atoms with van der Waals surface area (Å²) in [7, 11) is 1.59. The molecule has 0 aliphatic rings. The van der Waals surface area contributed by atoms with Gasteiger partial charge in [-0.15, -0.1) is 11.3 Å². The van der Waals surface area contributed by atoms with Crippen LogP contribution >= 0.6 is 39.0 Å². The summed E-state index contributed by atoms with van der Waals surface area (Å²) in [5.41, 5.74) is 2.82. The highest BCUT2D eigenvalue weighted by atomic mass is 79.9. The number of halogens is 1. The number of anilines is 2. The first kappa shape index (κ1) is 24.3. The number of rotatable bonds is 8. The summed E-state index contributed by atoms with van der Waals surface area (Å²) in [6.45, 7) is 1.99. The van der Waals surface area contributed by atoms with E-state index in [0.29, 0.717) is 23.4 Å². The second-order valence-corrected chi connectivity index (χ2v) is 10.8. The first-order valence-corrected chi connectivity index (χ1v) is 13.0. The summed E-state index contributed by atoms with van der Waals surface area (Å²) in [5.74, 6) is 0.446. The predicted octanol–water partition coefficient (Wildman–Crippen LogP) is 6.83. The molecule has 3 aromatic carbocycles. The van der Waals surface area contributed by atoms with E-state index >= 15 is 0 Å². The van der Waals surface area contributed by atoms with E-state index in [9.17, 15) is 9.59 Å². The van der Waals surface area contributed by atoms with Crippen LogP contribution in [0.15, 0.2) is 75.5 Å². The Hall–Kier alpha value is -2.88. The van der Waals surface area contributed by atoms with Crippen LogP contribution in [0.5, 0.6) is 5.75 Å². The number of thiazole rings is 1. The third kappa shape index (κ3) is 5.97. The molecule has 4 rings (SSSR count). The Bertz CT molecular complexity index is 1310. The zero-order valence-electron chi connectivity index (χ0n) is 18.5. The van der Waals surface area contributed by atoms with Gasteiger partial charge in [-0.1, -0.05) is 34.6 Å². The maximum Gasteiger partial charge on any atom is 0.255 e. The number of methoxy groups -OCH3 is 1. The van der Waals surface area contributed by atoms with Gasteiger partial charge < -0.3 is 15.4 Å². The number of thioether (sulfide) groups is 1. The van der Waals surface area contributed by atoms with Gasteiger partial charge in [0.25, 0.3) is 5.91 Å². The molecule has 0 saturated heterocycles. The van der Waals surface area contributed by atoms with Crippen LogP contribution in [0.2, 0.25) is 0 Å². The Morgan fingerprint density at radius 3 is 2.41 bits per heavy atom. The van der Waals surface area contributed by atoms with Crippen LogP contribution in [0.3, 0.4) is 0 Å². The molecule has 2 amide bonds. The molecule has 0 saturated carbocycles. The third-order valence-electron chi connectivity index (χ3n) is 5.00. The SMILES string of the molecule is CCC(Sc1nc2ccc(NC(=O)c3ccc(OC)cc3)cc2s1)C(=O)Nc1ccc(Br)cc1. The number of carbonyl (C=O) groups excluding carboxylic acids is 2. The lowest BCUT2D eigenvalue weighted by molar-refractivity contribution is -0.115. The number of ether oxygens (including phenoxy) is 1. The Kier molecular flexibility index (Phi) is 7.87. The van der Waals surface area contributed by atoms with Gasteiger partial charge in [-0.25, -0.2) is 4.98 Å². The van der Waals surface area contributed by atoms with Gasteiger partial charge >= 0.3 is 0 Å². The van der Waals surface area contributed by atoms with Crippen LogP contribution in [0, 0.1) is 0 Å². The molecule has 1 aromatic heterocycles. The highest BCUT2D eigenvalue weighted by molar-refractivity contribution is 9.10. The summed E-state index contributed by atoms with van der Waals surface area (Å²) in [4.78, 5) is 30.0. The van der Waals surface area contributed by atoms with E-state index in [1.807, 2.05) is 49.4 Å². The third-order valence-corrected chi connectivity index (χ3v) is 8.00. The van der Waals surface area contributed by atoms with Gasteiger partial charge in [-0.3, -0.25) is 9.59 Å².